The smallest absolute Gasteiger partial charge is 0.410 e. The first-order valence-electron chi connectivity index (χ1n) is 9.51. The Hall–Kier alpha value is -1.34. The van der Waals surface area contributed by atoms with Crippen LogP contribution in [0.15, 0.2) is 24.3 Å². The van der Waals surface area contributed by atoms with Gasteiger partial charge in [-0.05, 0) is 45.5 Å². The molecule has 0 aliphatic carbocycles. The fourth-order valence-electron chi connectivity index (χ4n) is 3.41. The van der Waals surface area contributed by atoms with E-state index in [9.17, 15) is 4.79 Å². The minimum absolute atomic E-state index is 0.0517. The van der Waals surface area contributed by atoms with Gasteiger partial charge in [0.15, 0.2) is 0 Å². The van der Waals surface area contributed by atoms with E-state index in [1.807, 2.05) is 45.0 Å². The monoisotopic (exact) mass is 395 g/mol. The molecule has 3 rings (SSSR count). The zero-order valence-electron chi connectivity index (χ0n) is 16.6. The molecule has 27 heavy (non-hydrogen) atoms. The van der Waals surface area contributed by atoms with Crippen LogP contribution in [0.25, 0.3) is 0 Å². The lowest BCUT2D eigenvalue weighted by atomic mass is 9.97. The number of morpholine rings is 1. The number of nitrogens with one attached hydrogen (secondary N) is 1. The Bertz CT molecular complexity index is 641. The topological polar surface area (TPSA) is 54.0 Å². The predicted octanol–water partition coefficient (Wildman–Crippen LogP) is 2.92. The standard InChI is InChI=1S/C20H30ClN3O3/c1-20(2,3)27-19(25)24-11-16(12-24)22-18(14-5-7-15(21)8-6-14)17-13-23(4)9-10-26-17/h5-8,16-18,22H,9-13H2,1-4H3/t17-,18+/m0/s1. The number of amides is 1. The summed E-state index contributed by atoms with van der Waals surface area (Å²) >= 11 is 6.06. The number of likely N-dealkylation sites (tertiary alicyclic amines) is 1. The molecule has 2 aliphatic heterocycles. The molecule has 2 aliphatic rings. The second-order valence-corrected chi connectivity index (χ2v) is 8.89. The summed E-state index contributed by atoms with van der Waals surface area (Å²) in [5, 5.41) is 4.40. The number of halogens is 1. The van der Waals surface area contributed by atoms with Gasteiger partial charge in [-0.15, -0.1) is 0 Å². The van der Waals surface area contributed by atoms with Crippen molar-refractivity contribution >= 4 is 17.7 Å². The van der Waals surface area contributed by atoms with Gasteiger partial charge in [0, 0.05) is 37.2 Å². The van der Waals surface area contributed by atoms with Crippen molar-refractivity contribution in [1.29, 1.82) is 0 Å². The molecule has 2 fully saturated rings. The molecule has 0 saturated carbocycles. The van der Waals surface area contributed by atoms with Crippen molar-refractivity contribution < 1.29 is 14.3 Å². The van der Waals surface area contributed by atoms with Gasteiger partial charge < -0.3 is 24.6 Å². The number of nitrogens with zero attached hydrogens (tertiary/aromatic N) is 2. The number of hydrogen-bond acceptors (Lipinski definition) is 5. The van der Waals surface area contributed by atoms with Crippen LogP contribution in [0.2, 0.25) is 5.02 Å². The Kier molecular flexibility index (Phi) is 6.31. The number of likely N-dealkylation sites (N-methyl/N-ethyl adjacent to an activating group) is 1. The molecule has 0 bridgehead atoms. The zero-order chi connectivity index (χ0) is 19.6. The predicted molar refractivity (Wildman–Crippen MR) is 106 cm³/mol. The van der Waals surface area contributed by atoms with Gasteiger partial charge >= 0.3 is 6.09 Å². The molecule has 7 heteroatoms. The van der Waals surface area contributed by atoms with Crippen molar-refractivity contribution in [3.05, 3.63) is 34.9 Å². The van der Waals surface area contributed by atoms with Crippen LogP contribution in [0.3, 0.4) is 0 Å². The molecule has 1 aromatic rings. The van der Waals surface area contributed by atoms with Crippen molar-refractivity contribution in [3.63, 3.8) is 0 Å². The Morgan fingerprint density at radius 1 is 1.26 bits per heavy atom. The average molecular weight is 396 g/mol. The SMILES string of the molecule is CN1CCO[C@H]([C@H](NC2CN(C(=O)OC(C)(C)C)C2)c2ccc(Cl)cc2)C1. The van der Waals surface area contributed by atoms with Gasteiger partial charge in [-0.25, -0.2) is 4.79 Å². The van der Waals surface area contributed by atoms with Crippen LogP contribution < -0.4 is 5.32 Å². The summed E-state index contributed by atoms with van der Waals surface area (Å²) in [6, 6.07) is 8.17. The van der Waals surface area contributed by atoms with Gasteiger partial charge in [0.05, 0.1) is 18.8 Å². The lowest BCUT2D eigenvalue weighted by Gasteiger charge is -2.44. The van der Waals surface area contributed by atoms with Gasteiger partial charge in [0.1, 0.15) is 5.60 Å². The lowest BCUT2D eigenvalue weighted by molar-refractivity contribution is -0.0471. The minimum Gasteiger partial charge on any atom is -0.444 e. The molecular weight excluding hydrogens is 366 g/mol. The van der Waals surface area contributed by atoms with Gasteiger partial charge in [0.25, 0.3) is 0 Å². The van der Waals surface area contributed by atoms with Gasteiger partial charge in [0.2, 0.25) is 0 Å². The van der Waals surface area contributed by atoms with E-state index in [-0.39, 0.29) is 24.3 Å². The molecule has 0 radical (unpaired) electrons. The second kappa shape index (κ2) is 8.35. The van der Waals surface area contributed by atoms with Gasteiger partial charge in [-0.2, -0.15) is 0 Å². The summed E-state index contributed by atoms with van der Waals surface area (Å²) in [7, 11) is 2.11. The highest BCUT2D eigenvalue weighted by molar-refractivity contribution is 6.30. The maximum Gasteiger partial charge on any atom is 0.410 e. The number of carbonyl (C=O) groups is 1. The number of hydrogen-bond donors (Lipinski definition) is 1. The van der Waals surface area contributed by atoms with Gasteiger partial charge in [-0.1, -0.05) is 23.7 Å². The lowest BCUT2D eigenvalue weighted by Crippen LogP contribution is -2.62. The summed E-state index contributed by atoms with van der Waals surface area (Å²) in [5.41, 5.74) is 0.678. The summed E-state index contributed by atoms with van der Waals surface area (Å²) in [5.74, 6) is 0. The normalized spacial score (nSPS) is 23.0. The van der Waals surface area contributed by atoms with E-state index in [4.69, 9.17) is 21.1 Å². The summed E-state index contributed by atoms with van der Waals surface area (Å²) in [6.07, 6.45) is -0.197. The molecule has 1 N–H and O–H groups in total. The number of carbonyl (C=O) groups excluding carboxylic acids is 1. The summed E-state index contributed by atoms with van der Waals surface area (Å²) in [4.78, 5) is 16.2. The van der Waals surface area contributed by atoms with Crippen molar-refractivity contribution in [3.8, 4) is 0 Å². The van der Waals surface area contributed by atoms with Crippen LogP contribution in [0.5, 0.6) is 0 Å². The van der Waals surface area contributed by atoms with Crippen molar-refractivity contribution in [2.45, 2.75) is 44.6 Å². The third kappa shape index (κ3) is 5.57. The first kappa shape index (κ1) is 20.4. The number of benzene rings is 1. The maximum atomic E-state index is 12.2. The fourth-order valence-corrected chi connectivity index (χ4v) is 3.54. The van der Waals surface area contributed by atoms with Crippen molar-refractivity contribution in [2.75, 3.05) is 39.8 Å². The van der Waals surface area contributed by atoms with Crippen LogP contribution in [-0.4, -0.2) is 73.5 Å². The Morgan fingerprint density at radius 2 is 1.93 bits per heavy atom. The minimum atomic E-state index is -0.470. The fraction of sp³-hybridized carbons (Fsp3) is 0.650. The van der Waals surface area contributed by atoms with E-state index >= 15 is 0 Å². The average Bonchev–Trinajstić information content (AvgIpc) is 2.53. The van der Waals surface area contributed by atoms with Crippen LogP contribution in [0.4, 0.5) is 4.79 Å². The van der Waals surface area contributed by atoms with E-state index in [2.05, 4.69) is 17.3 Å². The highest BCUT2D eigenvalue weighted by Gasteiger charge is 2.37. The summed E-state index contributed by atoms with van der Waals surface area (Å²) < 4.78 is 11.5. The molecule has 2 heterocycles. The van der Waals surface area contributed by atoms with E-state index < -0.39 is 5.60 Å². The first-order chi connectivity index (χ1) is 12.7. The Morgan fingerprint density at radius 3 is 2.52 bits per heavy atom. The third-order valence-corrected chi connectivity index (χ3v) is 5.10. The van der Waals surface area contributed by atoms with Crippen LogP contribution in [-0.2, 0) is 9.47 Å². The van der Waals surface area contributed by atoms with Crippen molar-refractivity contribution in [1.82, 2.24) is 15.1 Å². The molecule has 0 aromatic heterocycles. The maximum absolute atomic E-state index is 12.2. The van der Waals surface area contributed by atoms with E-state index in [1.54, 1.807) is 4.90 Å². The molecule has 2 atom stereocenters. The third-order valence-electron chi connectivity index (χ3n) is 4.85. The van der Waals surface area contributed by atoms with Crippen LogP contribution in [0, 0.1) is 0 Å². The molecule has 150 valence electrons. The Balaban J connectivity index is 1.63. The van der Waals surface area contributed by atoms with Crippen molar-refractivity contribution in [2.24, 2.45) is 0 Å². The highest BCUT2D eigenvalue weighted by Crippen LogP contribution is 2.26. The molecule has 0 spiro atoms. The molecule has 1 amide bonds. The number of ether oxygens (including phenoxy) is 2. The second-order valence-electron chi connectivity index (χ2n) is 8.45. The van der Waals surface area contributed by atoms with E-state index in [1.165, 1.54) is 0 Å². The number of rotatable bonds is 4. The quantitative estimate of drug-likeness (QED) is 0.849. The largest absolute Gasteiger partial charge is 0.444 e. The molecular formula is C20H30ClN3O3. The highest BCUT2D eigenvalue weighted by atomic mass is 35.5. The van der Waals surface area contributed by atoms with Crippen LogP contribution >= 0.6 is 11.6 Å². The van der Waals surface area contributed by atoms with Gasteiger partial charge in [-0.3, -0.25) is 0 Å². The summed E-state index contributed by atoms with van der Waals surface area (Å²) in [6.45, 7) is 9.46. The first-order valence-corrected chi connectivity index (χ1v) is 9.88. The molecule has 1 aromatic carbocycles. The molecule has 2 saturated heterocycles. The molecule has 0 unspecified atom stereocenters. The van der Waals surface area contributed by atoms with E-state index in [0.29, 0.717) is 13.1 Å². The zero-order valence-corrected chi connectivity index (χ0v) is 17.3. The van der Waals surface area contributed by atoms with Crippen LogP contribution in [0.1, 0.15) is 32.4 Å². The Labute approximate surface area is 166 Å². The molecule has 6 nitrogen and oxygen atoms in total. The van der Waals surface area contributed by atoms with E-state index in [0.717, 1.165) is 30.3 Å².